The normalized spacial score (nSPS) is 10.7. The van der Waals surface area contributed by atoms with E-state index in [-0.39, 0.29) is 5.97 Å². The fraction of sp³-hybridized carbons (Fsp3) is 0.188. The fourth-order valence-electron chi connectivity index (χ4n) is 2.11. The fourth-order valence-corrected chi connectivity index (χ4v) is 2.97. The molecule has 0 aliphatic heterocycles. The summed E-state index contributed by atoms with van der Waals surface area (Å²) in [5.74, 6) is 1.70. The van der Waals surface area contributed by atoms with Crippen LogP contribution in [0, 0.1) is 0 Å². The first-order valence-electron chi connectivity index (χ1n) is 6.92. The number of rotatable bonds is 5. The highest BCUT2D eigenvalue weighted by molar-refractivity contribution is 7.98. The van der Waals surface area contributed by atoms with Crippen molar-refractivity contribution in [1.29, 1.82) is 0 Å². The maximum atomic E-state index is 11.6. The highest BCUT2D eigenvalue weighted by Gasteiger charge is 2.13. The molecule has 7 heteroatoms. The summed E-state index contributed by atoms with van der Waals surface area (Å²) in [4.78, 5) is 11.6. The molecule has 2 heterocycles. The quantitative estimate of drug-likeness (QED) is 0.529. The summed E-state index contributed by atoms with van der Waals surface area (Å²) in [6.07, 6.45) is 1.61. The largest absolute Gasteiger partial charge is 0.465 e. The lowest BCUT2D eigenvalue weighted by atomic mass is 10.1. The third kappa shape index (κ3) is 3.29. The Hall–Kier alpha value is -2.54. The summed E-state index contributed by atoms with van der Waals surface area (Å²) in [5.41, 5.74) is 1.56. The first-order chi connectivity index (χ1) is 11.2. The van der Waals surface area contributed by atoms with Crippen LogP contribution < -0.4 is 0 Å². The Morgan fingerprint density at radius 3 is 2.91 bits per heavy atom. The van der Waals surface area contributed by atoms with Crippen molar-refractivity contribution < 1.29 is 13.9 Å². The van der Waals surface area contributed by atoms with Gasteiger partial charge in [0.1, 0.15) is 0 Å². The van der Waals surface area contributed by atoms with Crippen molar-refractivity contribution in [3.63, 3.8) is 0 Å². The van der Waals surface area contributed by atoms with Crippen molar-refractivity contribution >= 4 is 17.7 Å². The number of carbonyl (C=O) groups excluding carboxylic acids is 1. The minimum Gasteiger partial charge on any atom is -0.465 e. The van der Waals surface area contributed by atoms with Crippen molar-refractivity contribution in [3.8, 4) is 11.6 Å². The Labute approximate surface area is 137 Å². The molecule has 6 nitrogen and oxygen atoms in total. The number of thioether (sulfide) groups is 1. The van der Waals surface area contributed by atoms with Gasteiger partial charge in [-0.25, -0.2) is 4.79 Å². The first kappa shape index (κ1) is 15.4. The van der Waals surface area contributed by atoms with Gasteiger partial charge < -0.3 is 13.7 Å². The van der Waals surface area contributed by atoms with Crippen molar-refractivity contribution in [2.45, 2.75) is 10.9 Å². The molecule has 2 aromatic heterocycles. The number of methoxy groups -OCH3 is 1. The molecule has 0 fully saturated rings. The monoisotopic (exact) mass is 329 g/mol. The molecule has 0 bridgehead atoms. The molecule has 0 saturated heterocycles. The zero-order valence-electron chi connectivity index (χ0n) is 12.7. The van der Waals surface area contributed by atoms with Crippen LogP contribution in [0.5, 0.6) is 0 Å². The van der Waals surface area contributed by atoms with Gasteiger partial charge in [0.05, 0.1) is 18.9 Å². The lowest BCUT2D eigenvalue weighted by Crippen LogP contribution is -2.01. The van der Waals surface area contributed by atoms with Gasteiger partial charge in [-0.15, -0.1) is 10.2 Å². The average molecular weight is 329 g/mol. The van der Waals surface area contributed by atoms with Gasteiger partial charge in [-0.2, -0.15) is 0 Å². The van der Waals surface area contributed by atoms with Gasteiger partial charge in [-0.3, -0.25) is 0 Å². The van der Waals surface area contributed by atoms with E-state index in [1.165, 1.54) is 7.11 Å². The maximum absolute atomic E-state index is 11.6. The Kier molecular flexibility index (Phi) is 4.47. The van der Waals surface area contributed by atoms with E-state index in [4.69, 9.17) is 9.15 Å². The predicted octanol–water partition coefficient (Wildman–Crippen LogP) is 3.15. The van der Waals surface area contributed by atoms with E-state index in [1.54, 1.807) is 24.1 Å². The number of ether oxygens (including phenoxy) is 1. The summed E-state index contributed by atoms with van der Waals surface area (Å²) in [6, 6.07) is 11.0. The SMILES string of the molecule is COC(=O)c1cccc(CSc2nnc(-c3ccco3)n2C)c1. The number of benzene rings is 1. The molecule has 23 heavy (non-hydrogen) atoms. The second kappa shape index (κ2) is 6.70. The predicted molar refractivity (Wildman–Crippen MR) is 86.0 cm³/mol. The van der Waals surface area contributed by atoms with Gasteiger partial charge in [0.25, 0.3) is 0 Å². The molecular weight excluding hydrogens is 314 g/mol. The number of esters is 1. The Morgan fingerprint density at radius 1 is 1.30 bits per heavy atom. The molecule has 1 aromatic carbocycles. The molecule has 118 valence electrons. The van der Waals surface area contributed by atoms with Gasteiger partial charge in [-0.05, 0) is 29.8 Å². The Balaban J connectivity index is 1.73. The van der Waals surface area contributed by atoms with E-state index in [2.05, 4.69) is 10.2 Å². The molecule has 0 unspecified atom stereocenters. The first-order valence-corrected chi connectivity index (χ1v) is 7.91. The molecule has 3 rings (SSSR count). The second-order valence-corrected chi connectivity index (χ2v) is 5.77. The summed E-state index contributed by atoms with van der Waals surface area (Å²) < 4.78 is 12.0. The minimum absolute atomic E-state index is 0.337. The van der Waals surface area contributed by atoms with Crippen LogP contribution in [0.15, 0.2) is 52.2 Å². The van der Waals surface area contributed by atoms with Crippen molar-refractivity contribution in [1.82, 2.24) is 14.8 Å². The highest BCUT2D eigenvalue weighted by Crippen LogP contribution is 2.25. The average Bonchev–Trinajstić information content (AvgIpc) is 3.22. The van der Waals surface area contributed by atoms with Gasteiger partial charge >= 0.3 is 5.97 Å². The van der Waals surface area contributed by atoms with E-state index in [0.29, 0.717) is 22.9 Å². The van der Waals surface area contributed by atoms with E-state index < -0.39 is 0 Å². The smallest absolute Gasteiger partial charge is 0.337 e. The number of hydrogen-bond acceptors (Lipinski definition) is 6. The van der Waals surface area contributed by atoms with Crippen LogP contribution in [0.2, 0.25) is 0 Å². The molecule has 0 radical (unpaired) electrons. The lowest BCUT2D eigenvalue weighted by molar-refractivity contribution is 0.0600. The zero-order valence-corrected chi connectivity index (χ0v) is 13.5. The number of carbonyl (C=O) groups is 1. The molecular formula is C16H15N3O3S. The minimum atomic E-state index is -0.337. The topological polar surface area (TPSA) is 70.2 Å². The van der Waals surface area contributed by atoms with Gasteiger partial charge in [0.2, 0.25) is 0 Å². The molecule has 0 amide bonds. The van der Waals surface area contributed by atoms with Crippen LogP contribution in [-0.4, -0.2) is 27.8 Å². The van der Waals surface area contributed by atoms with Crippen LogP contribution in [0.4, 0.5) is 0 Å². The number of hydrogen-bond donors (Lipinski definition) is 0. The number of furan rings is 1. The van der Waals surface area contributed by atoms with E-state index in [9.17, 15) is 4.79 Å². The van der Waals surface area contributed by atoms with Crippen LogP contribution in [-0.2, 0) is 17.5 Å². The molecule has 3 aromatic rings. The van der Waals surface area contributed by atoms with Crippen molar-refractivity contribution in [3.05, 3.63) is 53.8 Å². The Morgan fingerprint density at radius 2 is 2.17 bits per heavy atom. The highest BCUT2D eigenvalue weighted by atomic mass is 32.2. The molecule has 0 N–H and O–H groups in total. The molecule has 0 aliphatic carbocycles. The number of aromatic nitrogens is 3. The van der Waals surface area contributed by atoms with Gasteiger partial charge in [0, 0.05) is 12.8 Å². The van der Waals surface area contributed by atoms with E-state index >= 15 is 0 Å². The lowest BCUT2D eigenvalue weighted by Gasteiger charge is -2.04. The molecule has 0 atom stereocenters. The third-order valence-electron chi connectivity index (χ3n) is 3.29. The van der Waals surface area contributed by atoms with Gasteiger partial charge in [0.15, 0.2) is 16.7 Å². The van der Waals surface area contributed by atoms with E-state index in [1.807, 2.05) is 41.9 Å². The van der Waals surface area contributed by atoms with Gasteiger partial charge in [-0.1, -0.05) is 23.9 Å². The summed E-state index contributed by atoms with van der Waals surface area (Å²) in [6.45, 7) is 0. The van der Waals surface area contributed by atoms with Crippen LogP contribution in [0.3, 0.4) is 0 Å². The molecule has 0 spiro atoms. The van der Waals surface area contributed by atoms with Crippen LogP contribution in [0.1, 0.15) is 15.9 Å². The van der Waals surface area contributed by atoms with Crippen LogP contribution >= 0.6 is 11.8 Å². The maximum Gasteiger partial charge on any atom is 0.337 e. The Bertz CT molecular complexity index is 812. The second-order valence-electron chi connectivity index (χ2n) is 4.82. The zero-order chi connectivity index (χ0) is 16.2. The van der Waals surface area contributed by atoms with Crippen molar-refractivity contribution in [2.75, 3.05) is 7.11 Å². The third-order valence-corrected chi connectivity index (χ3v) is 4.38. The summed E-state index contributed by atoms with van der Waals surface area (Å²) in [5, 5.41) is 9.12. The summed E-state index contributed by atoms with van der Waals surface area (Å²) >= 11 is 1.54. The molecule has 0 aliphatic rings. The van der Waals surface area contributed by atoms with Crippen molar-refractivity contribution in [2.24, 2.45) is 7.05 Å². The number of nitrogens with zero attached hydrogens (tertiary/aromatic N) is 3. The summed E-state index contributed by atoms with van der Waals surface area (Å²) in [7, 11) is 3.27. The van der Waals surface area contributed by atoms with Crippen LogP contribution in [0.25, 0.3) is 11.6 Å². The molecule has 0 saturated carbocycles. The van der Waals surface area contributed by atoms with E-state index in [0.717, 1.165) is 10.7 Å². The standard InChI is InChI=1S/C16H15N3O3S/c1-19-14(13-7-4-8-22-13)17-18-16(19)23-10-11-5-3-6-12(9-11)15(20)21-2/h3-9H,10H2,1-2H3.